The molecule has 3 aromatic rings. The molecule has 1 N–H and O–H groups in total. The summed E-state index contributed by atoms with van der Waals surface area (Å²) in [6.07, 6.45) is -1.61. The monoisotopic (exact) mass is 499 g/mol. The second kappa shape index (κ2) is 11.1. The van der Waals surface area contributed by atoms with Crippen LogP contribution in [0.3, 0.4) is 0 Å². The lowest BCUT2D eigenvalue weighted by Crippen LogP contribution is -2.49. The summed E-state index contributed by atoms with van der Waals surface area (Å²) in [5.74, 6) is -0.652. The first-order valence-electron chi connectivity index (χ1n) is 11.3. The molecule has 0 bridgehead atoms. The molecule has 0 saturated carbocycles. The molecule has 0 radical (unpaired) electrons. The van der Waals surface area contributed by atoms with E-state index < -0.39 is 23.7 Å². The molecule has 1 aliphatic heterocycles. The smallest absolute Gasteiger partial charge is 0.374 e. The lowest BCUT2D eigenvalue weighted by Gasteiger charge is -2.36. The summed E-state index contributed by atoms with van der Waals surface area (Å²) in [5, 5.41) is 2.64. The van der Waals surface area contributed by atoms with Gasteiger partial charge in [-0.3, -0.25) is 4.79 Å². The van der Waals surface area contributed by atoms with Crippen molar-refractivity contribution in [2.75, 3.05) is 37.6 Å². The molecule has 8 nitrogen and oxygen atoms in total. The van der Waals surface area contributed by atoms with E-state index in [0.717, 1.165) is 11.6 Å². The number of piperazine rings is 1. The fraction of sp³-hybridized carbons (Fsp3) is 0.280. The Morgan fingerprint density at radius 1 is 0.917 bits per heavy atom. The second-order valence-electron chi connectivity index (χ2n) is 8.10. The second-order valence-corrected chi connectivity index (χ2v) is 8.10. The van der Waals surface area contributed by atoms with Crippen LogP contribution in [0.25, 0.3) is 0 Å². The number of rotatable bonds is 6. The Bertz CT molecular complexity index is 1180. The largest absolute Gasteiger partial charge is 0.417 e. The summed E-state index contributed by atoms with van der Waals surface area (Å²) in [5.41, 5.74) is 0.440. The van der Waals surface area contributed by atoms with Crippen molar-refractivity contribution in [1.82, 2.24) is 20.2 Å². The van der Waals surface area contributed by atoms with Crippen LogP contribution in [0.4, 0.5) is 23.7 Å². The molecule has 1 aromatic heterocycles. The molecule has 2 amide bonds. The Morgan fingerprint density at radius 2 is 1.56 bits per heavy atom. The van der Waals surface area contributed by atoms with E-state index in [9.17, 15) is 22.8 Å². The van der Waals surface area contributed by atoms with Crippen LogP contribution in [0.1, 0.15) is 21.5 Å². The number of carbonyl (C=O) groups excluding carboxylic acids is 2. The van der Waals surface area contributed by atoms with Crippen LogP contribution in [0.2, 0.25) is 0 Å². The lowest BCUT2D eigenvalue weighted by atomic mass is 10.1. The van der Waals surface area contributed by atoms with E-state index in [1.807, 2.05) is 35.2 Å². The van der Waals surface area contributed by atoms with E-state index in [1.165, 1.54) is 35.5 Å². The van der Waals surface area contributed by atoms with Gasteiger partial charge in [-0.05, 0) is 24.1 Å². The fourth-order valence-electron chi connectivity index (χ4n) is 3.85. The summed E-state index contributed by atoms with van der Waals surface area (Å²) in [4.78, 5) is 36.1. The number of nitrogens with one attached hydrogen (secondary N) is 1. The Morgan fingerprint density at radius 3 is 2.22 bits per heavy atom. The van der Waals surface area contributed by atoms with Gasteiger partial charge >= 0.3 is 18.3 Å². The number of hydrogen-bond acceptors (Lipinski definition) is 6. The first kappa shape index (κ1) is 25.0. The van der Waals surface area contributed by atoms with Crippen molar-refractivity contribution in [2.45, 2.75) is 12.6 Å². The van der Waals surface area contributed by atoms with E-state index in [-0.39, 0.29) is 24.7 Å². The minimum absolute atomic E-state index is 0.103. The highest BCUT2D eigenvalue weighted by Crippen LogP contribution is 2.32. The Kier molecular flexibility index (Phi) is 7.67. The zero-order chi connectivity index (χ0) is 25.5. The van der Waals surface area contributed by atoms with Gasteiger partial charge in [-0.2, -0.15) is 13.2 Å². The maximum atomic E-state index is 13.3. The molecular formula is C25H24F3N5O3. The quantitative estimate of drug-likeness (QED) is 0.556. The molecule has 11 heteroatoms. The third kappa shape index (κ3) is 6.29. The molecule has 4 rings (SSSR count). The number of benzene rings is 2. The molecule has 1 fully saturated rings. The van der Waals surface area contributed by atoms with Gasteiger partial charge in [0.2, 0.25) is 0 Å². The fourth-order valence-corrected chi connectivity index (χ4v) is 3.85. The molecule has 1 saturated heterocycles. The molecule has 0 atom stereocenters. The average molecular weight is 499 g/mol. The number of amides is 2. The minimum Gasteiger partial charge on any atom is -0.374 e. The predicted molar refractivity (Wildman–Crippen MR) is 126 cm³/mol. The van der Waals surface area contributed by atoms with Gasteiger partial charge in [-0.25, -0.2) is 14.8 Å². The molecule has 0 spiro atoms. The number of alkyl halides is 3. The third-order valence-corrected chi connectivity index (χ3v) is 5.72. The van der Waals surface area contributed by atoms with Crippen molar-refractivity contribution < 1.29 is 27.5 Å². The highest BCUT2D eigenvalue weighted by Gasteiger charge is 2.36. The SMILES string of the molecule is O=C(NCCc1ccccc1)Oc1ncc(N2CCN(C(=O)c3ccccc3C(F)(F)F)CC2)cn1. The van der Waals surface area contributed by atoms with Crippen LogP contribution in [-0.4, -0.2) is 59.6 Å². The zero-order valence-electron chi connectivity index (χ0n) is 19.2. The minimum atomic E-state index is -4.60. The van der Waals surface area contributed by atoms with Crippen LogP contribution in [0.5, 0.6) is 6.01 Å². The van der Waals surface area contributed by atoms with Gasteiger partial charge in [0.25, 0.3) is 5.91 Å². The molecule has 188 valence electrons. The molecule has 2 aromatic carbocycles. The molecule has 2 heterocycles. The average Bonchev–Trinajstić information content (AvgIpc) is 2.89. The Balaban J connectivity index is 1.26. The number of aromatic nitrogens is 2. The van der Waals surface area contributed by atoms with Crippen LogP contribution < -0.4 is 15.0 Å². The van der Waals surface area contributed by atoms with Crippen molar-refractivity contribution in [3.63, 3.8) is 0 Å². The van der Waals surface area contributed by atoms with Gasteiger partial charge in [0, 0.05) is 32.7 Å². The van der Waals surface area contributed by atoms with Crippen LogP contribution in [0.15, 0.2) is 67.0 Å². The van der Waals surface area contributed by atoms with E-state index in [4.69, 9.17) is 4.74 Å². The topological polar surface area (TPSA) is 87.7 Å². The number of anilines is 1. The third-order valence-electron chi connectivity index (χ3n) is 5.72. The highest BCUT2D eigenvalue weighted by atomic mass is 19.4. The summed E-state index contributed by atoms with van der Waals surface area (Å²) in [6.45, 7) is 1.67. The Hall–Kier alpha value is -4.15. The van der Waals surface area contributed by atoms with E-state index in [1.54, 1.807) is 0 Å². The van der Waals surface area contributed by atoms with Crippen LogP contribution >= 0.6 is 0 Å². The van der Waals surface area contributed by atoms with Crippen molar-refractivity contribution in [1.29, 1.82) is 0 Å². The van der Waals surface area contributed by atoms with Gasteiger partial charge in [0.1, 0.15) is 0 Å². The van der Waals surface area contributed by atoms with E-state index in [0.29, 0.717) is 31.7 Å². The van der Waals surface area contributed by atoms with Crippen molar-refractivity contribution in [3.8, 4) is 6.01 Å². The summed E-state index contributed by atoms with van der Waals surface area (Å²) in [6, 6.07) is 14.4. The number of carbonyl (C=O) groups is 2. The summed E-state index contributed by atoms with van der Waals surface area (Å²) >= 11 is 0. The number of halogens is 3. The van der Waals surface area contributed by atoms with E-state index in [2.05, 4.69) is 15.3 Å². The van der Waals surface area contributed by atoms with Gasteiger partial charge in [-0.1, -0.05) is 42.5 Å². The first-order chi connectivity index (χ1) is 17.3. The van der Waals surface area contributed by atoms with Crippen molar-refractivity contribution >= 4 is 17.7 Å². The normalized spacial score (nSPS) is 13.9. The van der Waals surface area contributed by atoms with Gasteiger partial charge in [0.15, 0.2) is 0 Å². The lowest BCUT2D eigenvalue weighted by molar-refractivity contribution is -0.138. The molecule has 36 heavy (non-hydrogen) atoms. The van der Waals surface area contributed by atoms with Crippen LogP contribution in [-0.2, 0) is 12.6 Å². The number of hydrogen-bond donors (Lipinski definition) is 1. The Labute approximate surface area is 205 Å². The van der Waals surface area contributed by atoms with E-state index >= 15 is 0 Å². The predicted octanol–water partition coefficient (Wildman–Crippen LogP) is 3.79. The maximum absolute atomic E-state index is 13.3. The summed E-state index contributed by atoms with van der Waals surface area (Å²) in [7, 11) is 0. The summed E-state index contributed by atoms with van der Waals surface area (Å²) < 4.78 is 44.9. The zero-order valence-corrected chi connectivity index (χ0v) is 19.2. The number of ether oxygens (including phenoxy) is 1. The van der Waals surface area contributed by atoms with Crippen molar-refractivity contribution in [3.05, 3.63) is 83.7 Å². The molecule has 0 unspecified atom stereocenters. The first-order valence-corrected chi connectivity index (χ1v) is 11.3. The van der Waals surface area contributed by atoms with Gasteiger partial charge < -0.3 is 19.9 Å². The van der Waals surface area contributed by atoms with Crippen LogP contribution in [0, 0.1) is 0 Å². The molecule has 1 aliphatic rings. The maximum Gasteiger partial charge on any atom is 0.417 e. The highest BCUT2D eigenvalue weighted by molar-refractivity contribution is 5.96. The van der Waals surface area contributed by atoms with Crippen molar-refractivity contribution in [2.24, 2.45) is 0 Å². The molecular weight excluding hydrogens is 475 g/mol. The number of nitrogens with zero attached hydrogens (tertiary/aromatic N) is 4. The van der Waals surface area contributed by atoms with Gasteiger partial charge in [0.05, 0.1) is 29.2 Å². The van der Waals surface area contributed by atoms with Gasteiger partial charge in [-0.15, -0.1) is 0 Å². The standard InChI is InChI=1S/C25H24F3N5O3/c26-25(27,28)21-9-5-4-8-20(21)22(34)33-14-12-32(13-15-33)19-16-30-23(31-17-19)36-24(35)29-11-10-18-6-2-1-3-7-18/h1-9,16-17H,10-15H2,(H,29,35). The molecule has 0 aliphatic carbocycles.